The molecule has 1 aromatic carbocycles. The first-order valence-electron chi connectivity index (χ1n) is 10.7. The Morgan fingerprint density at radius 2 is 1.85 bits per heavy atom. The molecule has 6 rings (SSSR count). The molecule has 0 radical (unpaired) electrons. The number of carbonyl (C=O) groups excluding carboxylic acids is 1. The molecule has 0 saturated carbocycles. The van der Waals surface area contributed by atoms with Crippen LogP contribution in [-0.4, -0.2) is 41.6 Å². The molecule has 1 fully saturated rings. The summed E-state index contributed by atoms with van der Waals surface area (Å²) in [4.78, 5) is 40.4. The lowest BCUT2D eigenvalue weighted by atomic mass is 10.1. The lowest BCUT2D eigenvalue weighted by Crippen LogP contribution is -2.30. The summed E-state index contributed by atoms with van der Waals surface area (Å²) >= 11 is 1.55. The van der Waals surface area contributed by atoms with E-state index in [0.29, 0.717) is 23.1 Å². The minimum Gasteiger partial charge on any atom is -0.360 e. The number of fused-ring (bicyclic) bond motifs is 1. The zero-order chi connectivity index (χ0) is 23.1. The molecule has 4 aromatic heterocycles. The van der Waals surface area contributed by atoms with E-state index >= 15 is 0 Å². The van der Waals surface area contributed by atoms with E-state index in [4.69, 9.17) is 9.97 Å². The van der Waals surface area contributed by atoms with Gasteiger partial charge in [0.15, 0.2) is 0 Å². The van der Waals surface area contributed by atoms with Crippen LogP contribution < -0.4 is 4.90 Å². The first-order chi connectivity index (χ1) is 16.7. The van der Waals surface area contributed by atoms with Crippen molar-refractivity contribution in [1.82, 2.24) is 29.9 Å². The van der Waals surface area contributed by atoms with Crippen LogP contribution in [0, 0.1) is 6.92 Å². The summed E-state index contributed by atoms with van der Waals surface area (Å²) in [7, 11) is 0. The van der Waals surface area contributed by atoms with Gasteiger partial charge in [0.2, 0.25) is 11.9 Å². The molecule has 1 saturated heterocycles. The van der Waals surface area contributed by atoms with Crippen LogP contribution in [0.4, 0.5) is 5.95 Å². The van der Waals surface area contributed by atoms with Gasteiger partial charge in [-0.3, -0.25) is 14.7 Å². The van der Waals surface area contributed by atoms with Crippen LogP contribution in [0.5, 0.6) is 0 Å². The monoisotopic (exact) mass is 465 g/mol. The minimum absolute atomic E-state index is 0.0399. The molecule has 0 aliphatic carbocycles. The average Bonchev–Trinajstić information content (AvgIpc) is 3.48. The second-order valence-electron chi connectivity index (χ2n) is 7.97. The fourth-order valence-electron chi connectivity index (χ4n) is 4.06. The number of benzene rings is 1. The van der Waals surface area contributed by atoms with Gasteiger partial charge in [-0.1, -0.05) is 24.3 Å². The molecular formula is C25H19N7OS. The molecule has 1 unspecified atom stereocenters. The van der Waals surface area contributed by atoms with E-state index in [1.54, 1.807) is 29.1 Å². The van der Waals surface area contributed by atoms with Crippen LogP contribution in [0.15, 0.2) is 73.6 Å². The maximum absolute atomic E-state index is 13.1. The normalized spacial score (nSPS) is 15.9. The van der Waals surface area contributed by atoms with Gasteiger partial charge in [0, 0.05) is 58.1 Å². The first-order valence-corrected chi connectivity index (χ1v) is 11.8. The summed E-state index contributed by atoms with van der Waals surface area (Å²) in [5.41, 5.74) is 5.92. The second kappa shape index (κ2) is 8.35. The highest BCUT2D eigenvalue weighted by molar-refractivity contribution is 8.00. The number of thioether (sulfide) groups is 1. The third kappa shape index (κ3) is 3.60. The van der Waals surface area contributed by atoms with Gasteiger partial charge in [-0.05, 0) is 25.1 Å². The van der Waals surface area contributed by atoms with E-state index in [-0.39, 0.29) is 11.3 Å². The average molecular weight is 466 g/mol. The SMILES string of the molecule is Cc1ccc(C2SCC(=O)N2c2nc(-c3cncnc3)cc(-c3c[nH]c4ccccc34)n2)cn1. The van der Waals surface area contributed by atoms with Gasteiger partial charge in [-0.25, -0.2) is 19.9 Å². The van der Waals surface area contributed by atoms with E-state index in [0.717, 1.165) is 33.3 Å². The lowest BCUT2D eigenvalue weighted by molar-refractivity contribution is -0.115. The predicted molar refractivity (Wildman–Crippen MR) is 132 cm³/mol. The molecule has 8 nitrogen and oxygen atoms in total. The van der Waals surface area contributed by atoms with Gasteiger partial charge < -0.3 is 4.98 Å². The first kappa shape index (κ1) is 20.5. The van der Waals surface area contributed by atoms with E-state index in [1.165, 1.54) is 6.33 Å². The maximum atomic E-state index is 13.1. The van der Waals surface area contributed by atoms with Gasteiger partial charge in [0.1, 0.15) is 11.7 Å². The highest BCUT2D eigenvalue weighted by Gasteiger charge is 2.36. The van der Waals surface area contributed by atoms with Crippen molar-refractivity contribution in [2.24, 2.45) is 0 Å². The van der Waals surface area contributed by atoms with Crippen LogP contribution in [-0.2, 0) is 4.79 Å². The quantitative estimate of drug-likeness (QED) is 0.415. The number of hydrogen-bond donors (Lipinski definition) is 1. The van der Waals surface area contributed by atoms with E-state index in [1.807, 2.05) is 61.8 Å². The molecule has 5 aromatic rings. The predicted octanol–water partition coefficient (Wildman–Crippen LogP) is 4.56. The largest absolute Gasteiger partial charge is 0.360 e. The Labute approximate surface area is 199 Å². The van der Waals surface area contributed by atoms with Gasteiger partial charge in [0.05, 0.1) is 17.1 Å². The summed E-state index contributed by atoms with van der Waals surface area (Å²) in [6, 6.07) is 13.9. The van der Waals surface area contributed by atoms with Crippen LogP contribution in [0.2, 0.25) is 0 Å². The summed E-state index contributed by atoms with van der Waals surface area (Å²) < 4.78 is 0. The molecule has 1 N–H and O–H groups in total. The van der Waals surface area contributed by atoms with Crippen LogP contribution >= 0.6 is 11.8 Å². The number of anilines is 1. The molecular weight excluding hydrogens is 446 g/mol. The smallest absolute Gasteiger partial charge is 0.240 e. The molecule has 0 spiro atoms. The number of amides is 1. The Morgan fingerprint density at radius 1 is 1.03 bits per heavy atom. The Hall–Kier alpha value is -4.11. The van der Waals surface area contributed by atoms with Gasteiger partial charge in [-0.2, -0.15) is 0 Å². The molecule has 1 aliphatic heterocycles. The highest BCUT2D eigenvalue weighted by atomic mass is 32.2. The molecule has 0 bridgehead atoms. The maximum Gasteiger partial charge on any atom is 0.240 e. The zero-order valence-corrected chi connectivity index (χ0v) is 19.0. The number of nitrogens with one attached hydrogen (secondary N) is 1. The topological polar surface area (TPSA) is 101 Å². The molecule has 1 aliphatic rings. The van der Waals surface area contributed by atoms with Gasteiger partial charge in [-0.15, -0.1) is 11.8 Å². The fourth-order valence-corrected chi connectivity index (χ4v) is 5.19. The van der Waals surface area contributed by atoms with E-state index < -0.39 is 0 Å². The van der Waals surface area contributed by atoms with Crippen molar-refractivity contribution in [3.8, 4) is 22.5 Å². The Bertz CT molecular complexity index is 1500. The number of aryl methyl sites for hydroxylation is 1. The van der Waals surface area contributed by atoms with E-state index in [9.17, 15) is 4.79 Å². The van der Waals surface area contributed by atoms with Gasteiger partial charge in [0.25, 0.3) is 0 Å². The van der Waals surface area contributed by atoms with E-state index in [2.05, 4.69) is 19.9 Å². The number of nitrogens with zero attached hydrogens (tertiary/aromatic N) is 6. The molecule has 5 heterocycles. The minimum atomic E-state index is -0.251. The third-order valence-corrected chi connectivity index (χ3v) is 6.95. The summed E-state index contributed by atoms with van der Waals surface area (Å²) in [6.45, 7) is 1.94. The van der Waals surface area contributed by atoms with Crippen molar-refractivity contribution < 1.29 is 4.79 Å². The second-order valence-corrected chi connectivity index (χ2v) is 9.04. The van der Waals surface area contributed by atoms with Crippen molar-refractivity contribution in [2.75, 3.05) is 10.7 Å². The summed E-state index contributed by atoms with van der Waals surface area (Å²) in [6.07, 6.45) is 8.64. The number of hydrogen-bond acceptors (Lipinski definition) is 7. The number of carbonyl (C=O) groups is 1. The highest BCUT2D eigenvalue weighted by Crippen LogP contribution is 2.41. The van der Waals surface area contributed by atoms with Crippen LogP contribution in [0.1, 0.15) is 16.6 Å². The van der Waals surface area contributed by atoms with Crippen molar-refractivity contribution in [3.05, 3.63) is 84.8 Å². The number of H-pyrrole nitrogens is 1. The number of para-hydroxylation sites is 1. The number of pyridine rings is 1. The van der Waals surface area contributed by atoms with Crippen LogP contribution in [0.25, 0.3) is 33.4 Å². The van der Waals surface area contributed by atoms with Gasteiger partial charge >= 0.3 is 0 Å². The van der Waals surface area contributed by atoms with Crippen molar-refractivity contribution in [1.29, 1.82) is 0 Å². The number of aromatic amines is 1. The molecule has 34 heavy (non-hydrogen) atoms. The summed E-state index contributed by atoms with van der Waals surface area (Å²) in [5.74, 6) is 0.660. The van der Waals surface area contributed by atoms with Crippen molar-refractivity contribution in [3.63, 3.8) is 0 Å². The standard InChI is InChI=1S/C25H19N7OS/c1-15-6-7-16(11-28-15)24-32(23(33)13-34-24)25-30-21(17-9-26-14-27-10-17)8-22(31-25)19-12-29-20-5-3-2-4-18(19)20/h2-12,14,24,29H,13H2,1H3. The Balaban J connectivity index is 1.53. The Kier molecular flexibility index (Phi) is 5.03. The molecule has 1 atom stereocenters. The molecule has 1 amide bonds. The third-order valence-electron chi connectivity index (χ3n) is 5.74. The number of aromatic nitrogens is 6. The zero-order valence-electron chi connectivity index (χ0n) is 18.2. The van der Waals surface area contributed by atoms with Crippen LogP contribution in [0.3, 0.4) is 0 Å². The molecule has 166 valence electrons. The Morgan fingerprint density at radius 3 is 2.68 bits per heavy atom. The summed E-state index contributed by atoms with van der Waals surface area (Å²) in [5, 5.41) is 0.794. The van der Waals surface area contributed by atoms with Crippen molar-refractivity contribution in [2.45, 2.75) is 12.3 Å². The fraction of sp³-hybridized carbons (Fsp3) is 0.120. The molecule has 9 heteroatoms. The van der Waals surface area contributed by atoms with Crippen molar-refractivity contribution >= 4 is 34.5 Å². The lowest BCUT2D eigenvalue weighted by Gasteiger charge is -2.23. The number of rotatable bonds is 4.